The van der Waals surface area contributed by atoms with Crippen molar-refractivity contribution in [2.75, 3.05) is 6.54 Å². The van der Waals surface area contributed by atoms with E-state index < -0.39 is 11.9 Å². The maximum atomic E-state index is 14.3. The second-order valence-corrected chi connectivity index (χ2v) is 8.83. The van der Waals surface area contributed by atoms with Gasteiger partial charge in [-0.05, 0) is 41.3 Å². The molecule has 3 rings (SSSR count). The molecule has 33 heavy (non-hydrogen) atoms. The van der Waals surface area contributed by atoms with Crippen LogP contribution < -0.4 is 5.32 Å². The van der Waals surface area contributed by atoms with Gasteiger partial charge in [0, 0.05) is 24.0 Å². The van der Waals surface area contributed by atoms with Gasteiger partial charge in [0.15, 0.2) is 0 Å². The van der Waals surface area contributed by atoms with Crippen molar-refractivity contribution < 1.29 is 14.0 Å². The highest BCUT2D eigenvalue weighted by Crippen LogP contribution is 2.19. The molecule has 0 spiro atoms. The Kier molecular flexibility index (Phi) is 9.19. The Labute approximate surface area is 202 Å². The van der Waals surface area contributed by atoms with Gasteiger partial charge in [0.1, 0.15) is 11.9 Å². The average molecular weight is 511 g/mol. The summed E-state index contributed by atoms with van der Waals surface area (Å²) in [6, 6.07) is 22.8. The van der Waals surface area contributed by atoms with Gasteiger partial charge in [0.05, 0.1) is 6.42 Å². The van der Waals surface area contributed by atoms with Gasteiger partial charge in [-0.25, -0.2) is 4.39 Å². The van der Waals surface area contributed by atoms with E-state index in [1.165, 1.54) is 6.07 Å². The summed E-state index contributed by atoms with van der Waals surface area (Å²) in [4.78, 5) is 28.3. The van der Waals surface area contributed by atoms with Crippen LogP contribution in [0.5, 0.6) is 0 Å². The Bertz CT molecular complexity index is 1060. The van der Waals surface area contributed by atoms with Gasteiger partial charge in [-0.1, -0.05) is 83.5 Å². The van der Waals surface area contributed by atoms with E-state index in [1.54, 1.807) is 23.1 Å². The van der Waals surface area contributed by atoms with Crippen molar-refractivity contribution in [1.29, 1.82) is 0 Å². The molecule has 1 N–H and O–H groups in total. The van der Waals surface area contributed by atoms with Gasteiger partial charge in [-0.3, -0.25) is 9.59 Å². The fourth-order valence-electron chi connectivity index (χ4n) is 3.61. The van der Waals surface area contributed by atoms with Gasteiger partial charge < -0.3 is 10.2 Å². The first-order valence-corrected chi connectivity index (χ1v) is 11.9. The zero-order valence-corrected chi connectivity index (χ0v) is 20.2. The standard InChI is InChI=1S/C27H28BrFN2O2/c1-2-16-30-27(33)25(17-20-8-4-3-5-9-20)31(19-21-12-14-23(28)15-13-21)26(32)18-22-10-6-7-11-24(22)29/h3-15,25H,2,16-19H2,1H3,(H,30,33). The molecule has 1 atom stereocenters. The molecule has 0 aromatic heterocycles. The minimum atomic E-state index is -0.720. The number of hydrogen-bond acceptors (Lipinski definition) is 2. The largest absolute Gasteiger partial charge is 0.354 e. The summed E-state index contributed by atoms with van der Waals surface area (Å²) in [6.07, 6.45) is 1.05. The Balaban J connectivity index is 1.95. The lowest BCUT2D eigenvalue weighted by molar-refractivity contribution is -0.140. The predicted octanol–water partition coefficient (Wildman–Crippen LogP) is 5.30. The Hall–Kier alpha value is -2.99. The molecule has 0 radical (unpaired) electrons. The predicted molar refractivity (Wildman–Crippen MR) is 132 cm³/mol. The number of benzene rings is 3. The molecule has 172 valence electrons. The third kappa shape index (κ3) is 7.26. The molecule has 0 heterocycles. The van der Waals surface area contributed by atoms with Gasteiger partial charge >= 0.3 is 0 Å². The van der Waals surface area contributed by atoms with Crippen LogP contribution in [0.15, 0.2) is 83.3 Å². The minimum Gasteiger partial charge on any atom is -0.354 e. The number of carbonyl (C=O) groups excluding carboxylic acids is 2. The quantitative estimate of drug-likeness (QED) is 0.402. The van der Waals surface area contributed by atoms with E-state index >= 15 is 0 Å². The summed E-state index contributed by atoms with van der Waals surface area (Å²) in [5, 5.41) is 2.94. The fraction of sp³-hybridized carbons (Fsp3) is 0.259. The van der Waals surface area contributed by atoms with Crippen LogP contribution in [0.3, 0.4) is 0 Å². The van der Waals surface area contributed by atoms with Crippen LogP contribution in [-0.4, -0.2) is 29.3 Å². The molecule has 1 unspecified atom stereocenters. The average Bonchev–Trinajstić information content (AvgIpc) is 2.83. The lowest BCUT2D eigenvalue weighted by atomic mass is 10.0. The van der Waals surface area contributed by atoms with Crippen molar-refractivity contribution >= 4 is 27.7 Å². The Morgan fingerprint density at radius 3 is 2.27 bits per heavy atom. The SMILES string of the molecule is CCCNC(=O)C(Cc1ccccc1)N(Cc1ccc(Br)cc1)C(=O)Cc1ccccc1F. The molecule has 3 aromatic rings. The van der Waals surface area contributed by atoms with Crippen molar-refractivity contribution in [2.24, 2.45) is 0 Å². The van der Waals surface area contributed by atoms with Crippen molar-refractivity contribution in [1.82, 2.24) is 10.2 Å². The van der Waals surface area contributed by atoms with Crippen LogP contribution in [-0.2, 0) is 29.0 Å². The second kappa shape index (κ2) is 12.3. The van der Waals surface area contributed by atoms with E-state index in [-0.39, 0.29) is 24.8 Å². The summed E-state index contributed by atoms with van der Waals surface area (Å²) in [5.74, 6) is -0.931. The summed E-state index contributed by atoms with van der Waals surface area (Å²) in [6.45, 7) is 2.75. The Morgan fingerprint density at radius 1 is 0.939 bits per heavy atom. The fourth-order valence-corrected chi connectivity index (χ4v) is 3.88. The molecule has 3 aromatic carbocycles. The lowest BCUT2D eigenvalue weighted by Gasteiger charge is -2.31. The molecule has 6 heteroatoms. The van der Waals surface area contributed by atoms with Crippen LogP contribution >= 0.6 is 15.9 Å². The van der Waals surface area contributed by atoms with Crippen LogP contribution in [0.25, 0.3) is 0 Å². The number of carbonyl (C=O) groups is 2. The van der Waals surface area contributed by atoms with Gasteiger partial charge in [-0.15, -0.1) is 0 Å². The molecular weight excluding hydrogens is 483 g/mol. The van der Waals surface area contributed by atoms with Gasteiger partial charge in [0.25, 0.3) is 0 Å². The van der Waals surface area contributed by atoms with E-state index in [1.807, 2.05) is 61.5 Å². The highest BCUT2D eigenvalue weighted by atomic mass is 79.9. The topological polar surface area (TPSA) is 49.4 Å². The smallest absolute Gasteiger partial charge is 0.243 e. The lowest BCUT2D eigenvalue weighted by Crippen LogP contribution is -2.51. The molecule has 0 saturated carbocycles. The van der Waals surface area contributed by atoms with E-state index in [9.17, 15) is 14.0 Å². The molecule has 0 bridgehead atoms. The monoisotopic (exact) mass is 510 g/mol. The first-order valence-electron chi connectivity index (χ1n) is 11.1. The number of rotatable bonds is 10. The Morgan fingerprint density at radius 2 is 1.61 bits per heavy atom. The maximum Gasteiger partial charge on any atom is 0.243 e. The number of hydrogen-bond donors (Lipinski definition) is 1. The number of nitrogens with zero attached hydrogens (tertiary/aromatic N) is 1. The molecule has 0 saturated heterocycles. The highest BCUT2D eigenvalue weighted by Gasteiger charge is 2.30. The molecule has 0 fully saturated rings. The zero-order chi connectivity index (χ0) is 23.6. The van der Waals surface area contributed by atoms with Crippen LogP contribution in [0.1, 0.15) is 30.0 Å². The van der Waals surface area contributed by atoms with E-state index in [2.05, 4.69) is 21.2 Å². The van der Waals surface area contributed by atoms with Gasteiger partial charge in [-0.2, -0.15) is 0 Å². The zero-order valence-electron chi connectivity index (χ0n) is 18.6. The molecule has 0 aliphatic rings. The third-order valence-corrected chi connectivity index (χ3v) is 5.91. The van der Waals surface area contributed by atoms with Crippen LogP contribution in [0.2, 0.25) is 0 Å². The van der Waals surface area contributed by atoms with Crippen LogP contribution in [0, 0.1) is 5.82 Å². The third-order valence-electron chi connectivity index (χ3n) is 5.39. The molecule has 0 aliphatic heterocycles. The van der Waals surface area contributed by atoms with Crippen molar-refractivity contribution in [2.45, 2.75) is 38.8 Å². The van der Waals surface area contributed by atoms with Crippen LogP contribution in [0.4, 0.5) is 4.39 Å². The highest BCUT2D eigenvalue weighted by molar-refractivity contribution is 9.10. The minimum absolute atomic E-state index is 0.116. The van der Waals surface area contributed by atoms with Crippen molar-refractivity contribution in [3.05, 3.63) is 106 Å². The van der Waals surface area contributed by atoms with E-state index in [4.69, 9.17) is 0 Å². The van der Waals surface area contributed by atoms with Crippen molar-refractivity contribution in [3.8, 4) is 0 Å². The first-order chi connectivity index (χ1) is 16.0. The number of nitrogens with one attached hydrogen (secondary N) is 1. The second-order valence-electron chi connectivity index (χ2n) is 7.91. The molecule has 0 aliphatic carbocycles. The first kappa shape index (κ1) is 24.6. The number of amides is 2. The van der Waals surface area contributed by atoms with E-state index in [0.29, 0.717) is 18.5 Å². The summed E-state index contributed by atoms with van der Waals surface area (Å²) in [5.41, 5.74) is 2.16. The van der Waals surface area contributed by atoms with Gasteiger partial charge in [0.2, 0.25) is 11.8 Å². The van der Waals surface area contributed by atoms with Crippen molar-refractivity contribution in [3.63, 3.8) is 0 Å². The maximum absolute atomic E-state index is 14.3. The normalized spacial score (nSPS) is 11.6. The number of halogens is 2. The molecular formula is C27H28BrFN2O2. The summed E-state index contributed by atoms with van der Waals surface area (Å²) >= 11 is 3.43. The summed E-state index contributed by atoms with van der Waals surface area (Å²) < 4.78 is 15.2. The summed E-state index contributed by atoms with van der Waals surface area (Å²) in [7, 11) is 0. The van der Waals surface area contributed by atoms with E-state index in [0.717, 1.165) is 22.0 Å². The molecule has 2 amide bonds. The molecule has 4 nitrogen and oxygen atoms in total.